The van der Waals surface area contributed by atoms with E-state index in [1.54, 1.807) is 7.05 Å². The molecule has 1 saturated heterocycles. The van der Waals surface area contributed by atoms with Crippen LogP contribution in [0.4, 0.5) is 19.1 Å². The minimum atomic E-state index is -4.61. The van der Waals surface area contributed by atoms with Gasteiger partial charge in [-0.15, -0.1) is 4.83 Å². The second-order valence-corrected chi connectivity index (χ2v) is 8.20. The first-order valence-corrected chi connectivity index (χ1v) is 10.2. The number of nitrogens with zero attached hydrogens (tertiary/aromatic N) is 5. The number of nitrogens with one attached hydrogen (secondary N) is 3. The zero-order valence-corrected chi connectivity index (χ0v) is 16.5. The Bertz CT molecular complexity index is 955. The van der Waals surface area contributed by atoms with E-state index < -0.39 is 21.9 Å². The van der Waals surface area contributed by atoms with E-state index in [1.807, 2.05) is 0 Å². The molecular formula is C15H21F3N8O2S. The average Bonchev–Trinajstić information content (AvgIpc) is 3.07. The molecule has 1 fully saturated rings. The van der Waals surface area contributed by atoms with E-state index in [0.717, 1.165) is 6.20 Å². The van der Waals surface area contributed by atoms with Gasteiger partial charge in [-0.3, -0.25) is 4.68 Å². The van der Waals surface area contributed by atoms with Gasteiger partial charge in [0.05, 0.1) is 11.9 Å². The summed E-state index contributed by atoms with van der Waals surface area (Å²) in [6.07, 6.45) is -0.203. The van der Waals surface area contributed by atoms with Crippen molar-refractivity contribution < 1.29 is 21.6 Å². The van der Waals surface area contributed by atoms with Crippen LogP contribution in [0.5, 0.6) is 0 Å². The van der Waals surface area contributed by atoms with Gasteiger partial charge in [-0.05, 0) is 19.9 Å². The molecule has 1 aliphatic heterocycles. The topological polar surface area (TPSA) is 117 Å². The molecule has 160 valence electrons. The van der Waals surface area contributed by atoms with Crippen LogP contribution in [0, 0.1) is 0 Å². The number of aryl methyl sites for hydroxylation is 1. The molecule has 10 nitrogen and oxygen atoms in total. The molecule has 3 N–H and O–H groups in total. The standard InChI is InChI=1S/C15H21F3N8O2S/c1-19-24-29(27,28)26-5-3-11(4-6-26)22-14-20-8-12(15(16,17)18)13(23-14)10-7-21-25(2)9-10/h7-9,11,19,24H,3-6H2,1-2H3,(H,20,22,23). The van der Waals surface area contributed by atoms with E-state index in [4.69, 9.17) is 0 Å². The summed E-state index contributed by atoms with van der Waals surface area (Å²) in [4.78, 5) is 10.1. The van der Waals surface area contributed by atoms with Crippen molar-refractivity contribution in [3.63, 3.8) is 0 Å². The molecule has 0 radical (unpaired) electrons. The van der Waals surface area contributed by atoms with Crippen molar-refractivity contribution in [2.45, 2.75) is 25.1 Å². The molecule has 0 bridgehead atoms. The number of rotatable bonds is 6. The molecule has 2 aromatic rings. The number of piperidine rings is 1. The summed E-state index contributed by atoms with van der Waals surface area (Å²) in [7, 11) is -0.562. The lowest BCUT2D eigenvalue weighted by Crippen LogP contribution is -2.50. The average molecular weight is 434 g/mol. The highest BCUT2D eigenvalue weighted by Gasteiger charge is 2.36. The van der Waals surface area contributed by atoms with Gasteiger partial charge in [-0.2, -0.15) is 31.0 Å². The third-order valence-corrected chi connectivity index (χ3v) is 5.94. The summed E-state index contributed by atoms with van der Waals surface area (Å²) in [6, 6.07) is -0.172. The maximum absolute atomic E-state index is 13.3. The van der Waals surface area contributed by atoms with Crippen LogP contribution in [0.2, 0.25) is 0 Å². The normalized spacial score (nSPS) is 16.9. The van der Waals surface area contributed by atoms with Crippen LogP contribution < -0.4 is 15.6 Å². The van der Waals surface area contributed by atoms with Crippen molar-refractivity contribution in [1.82, 2.24) is 34.3 Å². The molecule has 0 aromatic carbocycles. The zero-order valence-electron chi connectivity index (χ0n) is 15.7. The van der Waals surface area contributed by atoms with Gasteiger partial charge in [-0.1, -0.05) is 0 Å². The number of alkyl halides is 3. The predicted octanol–water partition coefficient (Wildman–Crippen LogP) is 0.741. The Labute approximate surface area is 165 Å². The maximum Gasteiger partial charge on any atom is 0.419 e. The highest BCUT2D eigenvalue weighted by Crippen LogP contribution is 2.36. The maximum atomic E-state index is 13.3. The summed E-state index contributed by atoms with van der Waals surface area (Å²) in [5, 5.41) is 6.91. The first-order valence-electron chi connectivity index (χ1n) is 8.73. The molecule has 0 aliphatic carbocycles. The lowest BCUT2D eigenvalue weighted by molar-refractivity contribution is -0.137. The minimum absolute atomic E-state index is 0.0477. The summed E-state index contributed by atoms with van der Waals surface area (Å²) < 4.78 is 66.7. The summed E-state index contributed by atoms with van der Waals surface area (Å²) in [6.45, 7) is 0.509. The Morgan fingerprint density at radius 1 is 1.21 bits per heavy atom. The first-order chi connectivity index (χ1) is 13.6. The number of aromatic nitrogens is 4. The van der Waals surface area contributed by atoms with Gasteiger partial charge < -0.3 is 5.32 Å². The van der Waals surface area contributed by atoms with Crippen LogP contribution >= 0.6 is 0 Å². The zero-order chi connectivity index (χ0) is 21.2. The minimum Gasteiger partial charge on any atom is -0.351 e. The number of anilines is 1. The second kappa shape index (κ2) is 8.22. The molecule has 0 amide bonds. The third-order valence-electron chi connectivity index (χ3n) is 4.43. The Balaban J connectivity index is 1.76. The van der Waals surface area contributed by atoms with Crippen molar-refractivity contribution in [3.05, 3.63) is 24.2 Å². The molecule has 0 unspecified atom stereocenters. The van der Waals surface area contributed by atoms with E-state index >= 15 is 0 Å². The summed E-state index contributed by atoms with van der Waals surface area (Å²) in [5.74, 6) is 0.0477. The molecular weight excluding hydrogens is 413 g/mol. The molecule has 3 rings (SSSR count). The van der Waals surface area contributed by atoms with E-state index in [0.29, 0.717) is 12.8 Å². The van der Waals surface area contributed by atoms with E-state index in [1.165, 1.54) is 28.4 Å². The Hall–Kier alpha value is -2.29. The third kappa shape index (κ3) is 5.01. The Kier molecular flexibility index (Phi) is 6.07. The molecule has 2 aromatic heterocycles. The number of hydrogen-bond donors (Lipinski definition) is 3. The van der Waals surface area contributed by atoms with Crippen molar-refractivity contribution in [3.8, 4) is 11.3 Å². The van der Waals surface area contributed by atoms with E-state index in [-0.39, 0.29) is 36.3 Å². The number of halogens is 3. The molecule has 14 heteroatoms. The van der Waals surface area contributed by atoms with Crippen molar-refractivity contribution in [2.24, 2.45) is 7.05 Å². The molecule has 3 heterocycles. The van der Waals surface area contributed by atoms with Crippen LogP contribution in [-0.4, -0.2) is 58.7 Å². The van der Waals surface area contributed by atoms with E-state index in [2.05, 4.69) is 30.6 Å². The van der Waals surface area contributed by atoms with Crippen molar-refractivity contribution in [2.75, 3.05) is 25.5 Å². The highest BCUT2D eigenvalue weighted by atomic mass is 32.2. The monoisotopic (exact) mass is 434 g/mol. The SMILES string of the molecule is CNNS(=O)(=O)N1CCC(Nc2ncc(C(F)(F)F)c(-c3cnn(C)c3)n2)CC1. The fraction of sp³-hybridized carbons (Fsp3) is 0.533. The van der Waals surface area contributed by atoms with Gasteiger partial charge in [-0.25, -0.2) is 15.4 Å². The van der Waals surface area contributed by atoms with E-state index in [9.17, 15) is 21.6 Å². The fourth-order valence-electron chi connectivity index (χ4n) is 3.04. The van der Waals surface area contributed by atoms with Gasteiger partial charge in [0, 0.05) is 44.1 Å². The second-order valence-electron chi connectivity index (χ2n) is 6.53. The van der Waals surface area contributed by atoms with Crippen molar-refractivity contribution >= 4 is 16.2 Å². The van der Waals surface area contributed by atoms with Gasteiger partial charge in [0.2, 0.25) is 5.95 Å². The molecule has 29 heavy (non-hydrogen) atoms. The molecule has 0 saturated carbocycles. The van der Waals surface area contributed by atoms with Gasteiger partial charge in [0.1, 0.15) is 5.56 Å². The first kappa shape index (κ1) is 21.4. The predicted molar refractivity (Wildman–Crippen MR) is 98.6 cm³/mol. The van der Waals surface area contributed by atoms with Gasteiger partial charge in [0.15, 0.2) is 0 Å². The van der Waals surface area contributed by atoms with Gasteiger partial charge >= 0.3 is 6.18 Å². The smallest absolute Gasteiger partial charge is 0.351 e. The number of hydrazine groups is 1. The highest BCUT2D eigenvalue weighted by molar-refractivity contribution is 7.87. The van der Waals surface area contributed by atoms with Crippen LogP contribution in [0.3, 0.4) is 0 Å². The number of hydrogen-bond acceptors (Lipinski definition) is 7. The summed E-state index contributed by atoms with van der Waals surface area (Å²) >= 11 is 0. The lowest BCUT2D eigenvalue weighted by Gasteiger charge is -2.31. The van der Waals surface area contributed by atoms with Crippen LogP contribution in [0.25, 0.3) is 11.3 Å². The Morgan fingerprint density at radius 2 is 1.90 bits per heavy atom. The summed E-state index contributed by atoms with van der Waals surface area (Å²) in [5.41, 5.74) is 1.40. The molecule has 0 atom stereocenters. The Morgan fingerprint density at radius 3 is 2.45 bits per heavy atom. The largest absolute Gasteiger partial charge is 0.419 e. The van der Waals surface area contributed by atoms with Crippen LogP contribution in [0.15, 0.2) is 18.6 Å². The fourth-order valence-corrected chi connectivity index (χ4v) is 4.12. The van der Waals surface area contributed by atoms with Crippen LogP contribution in [-0.2, 0) is 23.4 Å². The van der Waals surface area contributed by atoms with Crippen LogP contribution in [0.1, 0.15) is 18.4 Å². The lowest BCUT2D eigenvalue weighted by atomic mass is 10.1. The van der Waals surface area contributed by atoms with Crippen molar-refractivity contribution in [1.29, 1.82) is 0 Å². The quantitative estimate of drug-likeness (QED) is 0.574. The molecule has 1 aliphatic rings. The van der Waals surface area contributed by atoms with Gasteiger partial charge in [0.25, 0.3) is 10.2 Å². The molecule has 0 spiro atoms.